The Bertz CT molecular complexity index is 241. The standard InChI is InChI=1S/C3H9ClSi.C3H5FO3S/c1-5(2,3)4;1-2-3(4)8(5,6)7/h1-3H3;2-3H,1H2,(H,5,6,7). The van der Waals surface area contributed by atoms with Gasteiger partial charge in [0.05, 0.1) is 0 Å². The number of rotatable bonds is 2. The van der Waals surface area contributed by atoms with E-state index in [0.717, 1.165) is 0 Å². The zero-order valence-electron chi connectivity index (χ0n) is 7.79. The lowest BCUT2D eigenvalue weighted by Crippen LogP contribution is -2.10. The van der Waals surface area contributed by atoms with E-state index in [1.807, 2.05) is 0 Å². The van der Waals surface area contributed by atoms with Gasteiger partial charge in [-0.2, -0.15) is 19.5 Å². The molecule has 0 aromatic heterocycles. The topological polar surface area (TPSA) is 54.4 Å². The van der Waals surface area contributed by atoms with Crippen molar-refractivity contribution in [2.75, 3.05) is 0 Å². The van der Waals surface area contributed by atoms with Crippen LogP contribution in [0, 0.1) is 0 Å². The molecule has 0 radical (unpaired) electrons. The molecule has 1 atom stereocenters. The molecule has 0 rings (SSSR count). The lowest BCUT2D eigenvalue weighted by molar-refractivity contribution is 0.410. The predicted octanol–water partition coefficient (Wildman–Crippen LogP) is 2.42. The van der Waals surface area contributed by atoms with Crippen molar-refractivity contribution >= 4 is 28.6 Å². The highest BCUT2D eigenvalue weighted by Crippen LogP contribution is 2.03. The SMILES string of the molecule is C=CC(F)S(=O)(=O)O.C[Si](C)(C)Cl. The third kappa shape index (κ3) is 18.8. The van der Waals surface area contributed by atoms with E-state index in [9.17, 15) is 12.8 Å². The van der Waals surface area contributed by atoms with E-state index in [-0.39, 0.29) is 0 Å². The molecule has 0 bridgehead atoms. The Morgan fingerprint density at radius 1 is 1.54 bits per heavy atom. The second-order valence-corrected chi connectivity index (χ2v) is 12.2. The Kier molecular flexibility index (Phi) is 6.87. The Labute approximate surface area is 84.1 Å². The highest BCUT2D eigenvalue weighted by atomic mass is 35.6. The van der Waals surface area contributed by atoms with E-state index in [1.165, 1.54) is 0 Å². The maximum absolute atomic E-state index is 11.7. The third-order valence-electron chi connectivity index (χ3n) is 0.470. The van der Waals surface area contributed by atoms with Crippen molar-refractivity contribution in [1.29, 1.82) is 0 Å². The minimum Gasteiger partial charge on any atom is -0.283 e. The van der Waals surface area contributed by atoms with Gasteiger partial charge in [0.2, 0.25) is 5.50 Å². The second kappa shape index (κ2) is 5.74. The molecule has 0 aliphatic rings. The zero-order valence-corrected chi connectivity index (χ0v) is 10.4. The molecule has 0 spiro atoms. The van der Waals surface area contributed by atoms with Gasteiger partial charge < -0.3 is 0 Å². The first-order valence-corrected chi connectivity index (χ1v) is 9.42. The van der Waals surface area contributed by atoms with Crippen LogP contribution in [0.25, 0.3) is 0 Å². The molecule has 13 heavy (non-hydrogen) atoms. The van der Waals surface area contributed by atoms with Crippen LogP contribution in [-0.4, -0.2) is 25.9 Å². The normalized spacial score (nSPS) is 14.0. The van der Waals surface area contributed by atoms with Gasteiger partial charge in [0, 0.05) is 0 Å². The van der Waals surface area contributed by atoms with Gasteiger partial charge in [0.25, 0.3) is 0 Å². The van der Waals surface area contributed by atoms with E-state index < -0.39 is 23.0 Å². The van der Waals surface area contributed by atoms with Crippen LogP contribution in [0.1, 0.15) is 0 Å². The average molecular weight is 249 g/mol. The molecule has 80 valence electrons. The molecule has 0 amide bonds. The summed E-state index contributed by atoms with van der Waals surface area (Å²) in [6, 6.07) is 0. The van der Waals surface area contributed by atoms with Gasteiger partial charge in [-0.15, -0.1) is 0 Å². The Balaban J connectivity index is 0. The first-order valence-electron chi connectivity index (χ1n) is 3.40. The molecule has 7 heteroatoms. The van der Waals surface area contributed by atoms with Crippen molar-refractivity contribution in [3.05, 3.63) is 12.7 Å². The summed E-state index contributed by atoms with van der Waals surface area (Å²) in [5.41, 5.74) is -2.36. The van der Waals surface area contributed by atoms with Gasteiger partial charge in [-0.25, -0.2) is 4.39 Å². The van der Waals surface area contributed by atoms with Crippen LogP contribution in [0.5, 0.6) is 0 Å². The summed E-state index contributed by atoms with van der Waals surface area (Å²) >= 11 is 5.67. The largest absolute Gasteiger partial charge is 0.301 e. The Morgan fingerprint density at radius 2 is 1.77 bits per heavy atom. The maximum atomic E-state index is 11.7. The molecule has 0 aromatic rings. The number of halogens is 2. The molecule has 0 saturated carbocycles. The lowest BCUT2D eigenvalue weighted by atomic mass is 10.7. The van der Waals surface area contributed by atoms with Crippen LogP contribution in [-0.2, 0) is 10.1 Å². The van der Waals surface area contributed by atoms with Crippen LogP contribution in [0.4, 0.5) is 4.39 Å². The minimum atomic E-state index is -4.54. The first kappa shape index (κ1) is 15.6. The van der Waals surface area contributed by atoms with Crippen molar-refractivity contribution in [2.24, 2.45) is 0 Å². The van der Waals surface area contributed by atoms with Crippen molar-refractivity contribution in [1.82, 2.24) is 0 Å². The van der Waals surface area contributed by atoms with E-state index >= 15 is 0 Å². The number of hydrogen-bond donors (Lipinski definition) is 1. The molecule has 0 fully saturated rings. The molecule has 3 nitrogen and oxygen atoms in total. The molecule has 0 saturated heterocycles. The molecule has 1 N–H and O–H groups in total. The molecular weight excluding hydrogens is 235 g/mol. The summed E-state index contributed by atoms with van der Waals surface area (Å²) < 4.78 is 38.8. The summed E-state index contributed by atoms with van der Waals surface area (Å²) in [6.45, 7) is 9.09. The van der Waals surface area contributed by atoms with Crippen molar-refractivity contribution < 1.29 is 17.4 Å². The molecular formula is C6H14ClFO3SSi. The van der Waals surface area contributed by atoms with E-state index in [1.54, 1.807) is 0 Å². The van der Waals surface area contributed by atoms with Crippen molar-refractivity contribution in [3.63, 3.8) is 0 Å². The smallest absolute Gasteiger partial charge is 0.283 e. The van der Waals surface area contributed by atoms with E-state index in [4.69, 9.17) is 15.6 Å². The van der Waals surface area contributed by atoms with Gasteiger partial charge >= 0.3 is 10.1 Å². The highest BCUT2D eigenvalue weighted by Gasteiger charge is 2.16. The molecule has 0 heterocycles. The third-order valence-corrected chi connectivity index (χ3v) is 1.23. The van der Waals surface area contributed by atoms with Gasteiger partial charge in [0.15, 0.2) is 0 Å². The van der Waals surface area contributed by atoms with Crippen molar-refractivity contribution in [3.8, 4) is 0 Å². The van der Waals surface area contributed by atoms with E-state index in [2.05, 4.69) is 26.2 Å². The summed E-state index contributed by atoms with van der Waals surface area (Å²) in [4.78, 5) is 0. The first-order chi connectivity index (χ1) is 5.48. The molecule has 0 aliphatic carbocycles. The lowest BCUT2D eigenvalue weighted by Gasteiger charge is -1.97. The Morgan fingerprint density at radius 3 is 1.77 bits per heavy atom. The molecule has 0 aromatic carbocycles. The van der Waals surface area contributed by atoms with Crippen LogP contribution in [0.15, 0.2) is 12.7 Å². The van der Waals surface area contributed by atoms with E-state index in [0.29, 0.717) is 6.08 Å². The van der Waals surface area contributed by atoms with Gasteiger partial charge in [0.1, 0.15) is 7.38 Å². The summed E-state index contributed by atoms with van der Waals surface area (Å²) in [7, 11) is -5.68. The van der Waals surface area contributed by atoms with Crippen LogP contribution < -0.4 is 0 Å². The average Bonchev–Trinajstić information content (AvgIpc) is 1.80. The molecule has 0 aliphatic heterocycles. The van der Waals surface area contributed by atoms with Gasteiger partial charge in [-0.1, -0.05) is 26.2 Å². The van der Waals surface area contributed by atoms with Crippen molar-refractivity contribution in [2.45, 2.75) is 25.1 Å². The van der Waals surface area contributed by atoms with Crippen LogP contribution in [0.3, 0.4) is 0 Å². The van der Waals surface area contributed by atoms with Gasteiger partial charge in [-0.3, -0.25) is 4.55 Å². The fourth-order valence-corrected chi connectivity index (χ4v) is 0.365. The zero-order chi connectivity index (χ0) is 11.3. The second-order valence-electron chi connectivity index (χ2n) is 3.17. The predicted molar refractivity (Wildman–Crippen MR) is 55.8 cm³/mol. The highest BCUT2D eigenvalue weighted by molar-refractivity contribution is 7.86. The van der Waals surface area contributed by atoms with Gasteiger partial charge in [-0.05, 0) is 6.08 Å². The van der Waals surface area contributed by atoms with Crippen LogP contribution >= 0.6 is 11.1 Å². The summed E-state index contributed by atoms with van der Waals surface area (Å²) in [5, 5.41) is 0. The molecule has 1 unspecified atom stereocenters. The quantitative estimate of drug-likeness (QED) is 0.353. The maximum Gasteiger partial charge on any atom is 0.301 e. The summed E-state index contributed by atoms with van der Waals surface area (Å²) in [5.74, 6) is 0. The fraction of sp³-hybridized carbons (Fsp3) is 0.667. The summed E-state index contributed by atoms with van der Waals surface area (Å²) in [6.07, 6.45) is 0.495. The Hall–Kier alpha value is 0.0869. The number of hydrogen-bond acceptors (Lipinski definition) is 2. The fourth-order valence-electron chi connectivity index (χ4n) is 0.122. The van der Waals surface area contributed by atoms with Crippen LogP contribution in [0.2, 0.25) is 19.6 Å². The minimum absolute atomic E-state index is 0.495. The number of alkyl halides is 1. The monoisotopic (exact) mass is 248 g/mol.